The summed E-state index contributed by atoms with van der Waals surface area (Å²) in [5.74, 6) is 1.30. The van der Waals surface area contributed by atoms with Crippen molar-refractivity contribution >= 4 is 5.97 Å². The van der Waals surface area contributed by atoms with Crippen molar-refractivity contribution in [2.75, 3.05) is 14.2 Å². The fourth-order valence-electron chi connectivity index (χ4n) is 1.85. The third-order valence-corrected chi connectivity index (χ3v) is 3.07. The van der Waals surface area contributed by atoms with Gasteiger partial charge < -0.3 is 14.2 Å². The predicted octanol–water partition coefficient (Wildman–Crippen LogP) is 2.99. The molecule has 0 aliphatic carbocycles. The number of methoxy groups -OCH3 is 2. The van der Waals surface area contributed by atoms with Crippen LogP contribution in [0.25, 0.3) is 0 Å². The van der Waals surface area contributed by atoms with E-state index in [0.717, 1.165) is 22.6 Å². The lowest BCUT2D eigenvalue weighted by molar-refractivity contribution is -0.144. The molecule has 4 nitrogen and oxygen atoms in total. The molecule has 0 aliphatic rings. The maximum Gasteiger partial charge on any atom is 0.310 e. The SMILES string of the molecule is COc1ccc(COC(=O)Cc2ccc(OC)cc2)cc1. The molecule has 0 N–H and O–H groups in total. The van der Waals surface area contributed by atoms with Crippen molar-refractivity contribution in [3.63, 3.8) is 0 Å². The van der Waals surface area contributed by atoms with Gasteiger partial charge in [0.1, 0.15) is 18.1 Å². The highest BCUT2D eigenvalue weighted by atomic mass is 16.5. The van der Waals surface area contributed by atoms with Crippen LogP contribution in [0.3, 0.4) is 0 Å². The van der Waals surface area contributed by atoms with Gasteiger partial charge in [0, 0.05) is 0 Å². The van der Waals surface area contributed by atoms with Crippen LogP contribution in [0.1, 0.15) is 11.1 Å². The van der Waals surface area contributed by atoms with E-state index in [1.807, 2.05) is 48.5 Å². The van der Waals surface area contributed by atoms with Gasteiger partial charge in [-0.15, -0.1) is 0 Å². The fraction of sp³-hybridized carbons (Fsp3) is 0.235. The van der Waals surface area contributed by atoms with E-state index in [2.05, 4.69) is 0 Å². The van der Waals surface area contributed by atoms with Gasteiger partial charge in [-0.1, -0.05) is 24.3 Å². The second-order valence-corrected chi connectivity index (χ2v) is 4.53. The standard InChI is InChI=1S/C17H18O4/c1-19-15-7-3-13(4-8-15)11-17(18)21-12-14-5-9-16(20-2)10-6-14/h3-10H,11-12H2,1-2H3. The maximum absolute atomic E-state index is 11.8. The van der Waals surface area contributed by atoms with E-state index >= 15 is 0 Å². The molecule has 0 heterocycles. The molecular weight excluding hydrogens is 268 g/mol. The molecule has 2 aromatic carbocycles. The van der Waals surface area contributed by atoms with E-state index in [0.29, 0.717) is 0 Å². The number of esters is 1. The average molecular weight is 286 g/mol. The van der Waals surface area contributed by atoms with Crippen molar-refractivity contribution in [1.29, 1.82) is 0 Å². The minimum absolute atomic E-state index is 0.250. The molecule has 0 saturated heterocycles. The quantitative estimate of drug-likeness (QED) is 0.766. The second kappa shape index (κ2) is 7.33. The van der Waals surface area contributed by atoms with Gasteiger partial charge in [-0.2, -0.15) is 0 Å². The van der Waals surface area contributed by atoms with Crippen LogP contribution in [-0.2, 0) is 22.6 Å². The third-order valence-electron chi connectivity index (χ3n) is 3.07. The van der Waals surface area contributed by atoms with E-state index < -0.39 is 0 Å². The lowest BCUT2D eigenvalue weighted by Gasteiger charge is -2.06. The molecule has 0 bridgehead atoms. The molecule has 21 heavy (non-hydrogen) atoms. The average Bonchev–Trinajstić information content (AvgIpc) is 2.54. The van der Waals surface area contributed by atoms with Gasteiger partial charge in [0.05, 0.1) is 20.6 Å². The smallest absolute Gasteiger partial charge is 0.310 e. The zero-order chi connectivity index (χ0) is 15.1. The van der Waals surface area contributed by atoms with E-state index in [1.54, 1.807) is 14.2 Å². The minimum atomic E-state index is -0.254. The Bertz CT molecular complexity index is 573. The first-order valence-corrected chi connectivity index (χ1v) is 6.63. The van der Waals surface area contributed by atoms with Crippen LogP contribution in [0.4, 0.5) is 0 Å². The highest BCUT2D eigenvalue weighted by molar-refractivity contribution is 5.72. The zero-order valence-electron chi connectivity index (χ0n) is 12.2. The molecule has 0 spiro atoms. The van der Waals surface area contributed by atoms with Crippen LogP contribution >= 0.6 is 0 Å². The van der Waals surface area contributed by atoms with E-state index in [4.69, 9.17) is 14.2 Å². The van der Waals surface area contributed by atoms with Crippen LogP contribution in [0, 0.1) is 0 Å². The Balaban J connectivity index is 1.83. The molecule has 0 atom stereocenters. The van der Waals surface area contributed by atoms with Crippen molar-refractivity contribution in [2.24, 2.45) is 0 Å². The van der Waals surface area contributed by atoms with Crippen molar-refractivity contribution in [2.45, 2.75) is 13.0 Å². The molecule has 0 amide bonds. The molecule has 0 aliphatic heterocycles. The molecule has 2 rings (SSSR count). The highest BCUT2D eigenvalue weighted by Gasteiger charge is 2.06. The van der Waals surface area contributed by atoms with Gasteiger partial charge in [0.2, 0.25) is 0 Å². The summed E-state index contributed by atoms with van der Waals surface area (Å²) in [6, 6.07) is 14.8. The molecule has 2 aromatic rings. The third kappa shape index (κ3) is 4.53. The Morgan fingerprint density at radius 3 is 1.76 bits per heavy atom. The molecule has 0 unspecified atom stereocenters. The monoisotopic (exact) mass is 286 g/mol. The van der Waals surface area contributed by atoms with Crippen molar-refractivity contribution in [1.82, 2.24) is 0 Å². The van der Waals surface area contributed by atoms with Crippen LogP contribution < -0.4 is 9.47 Å². The molecule has 0 saturated carbocycles. The Kier molecular flexibility index (Phi) is 5.21. The number of benzene rings is 2. The summed E-state index contributed by atoms with van der Waals surface area (Å²) in [6.45, 7) is 0.263. The van der Waals surface area contributed by atoms with E-state index in [-0.39, 0.29) is 19.0 Å². The van der Waals surface area contributed by atoms with Gasteiger partial charge in [-0.25, -0.2) is 0 Å². The summed E-state index contributed by atoms with van der Waals surface area (Å²) in [4.78, 5) is 11.8. The molecule has 4 heteroatoms. The zero-order valence-corrected chi connectivity index (χ0v) is 12.2. The van der Waals surface area contributed by atoms with Crippen molar-refractivity contribution in [3.8, 4) is 11.5 Å². The van der Waals surface area contributed by atoms with Gasteiger partial charge in [0.25, 0.3) is 0 Å². The van der Waals surface area contributed by atoms with Crippen molar-refractivity contribution < 1.29 is 19.0 Å². The van der Waals surface area contributed by atoms with E-state index in [9.17, 15) is 4.79 Å². The largest absolute Gasteiger partial charge is 0.497 e. The lowest BCUT2D eigenvalue weighted by atomic mass is 10.1. The summed E-state index contributed by atoms with van der Waals surface area (Å²) >= 11 is 0. The van der Waals surface area contributed by atoms with Crippen molar-refractivity contribution in [3.05, 3.63) is 59.7 Å². The van der Waals surface area contributed by atoms with Gasteiger partial charge in [-0.05, 0) is 35.4 Å². The Hall–Kier alpha value is -2.49. The van der Waals surface area contributed by atoms with Gasteiger partial charge in [-0.3, -0.25) is 4.79 Å². The minimum Gasteiger partial charge on any atom is -0.497 e. The number of ether oxygens (including phenoxy) is 3. The van der Waals surface area contributed by atoms with Crippen LogP contribution in [0.2, 0.25) is 0 Å². The number of hydrogen-bond acceptors (Lipinski definition) is 4. The number of carbonyl (C=O) groups is 1. The Morgan fingerprint density at radius 1 is 0.810 bits per heavy atom. The molecule has 0 aromatic heterocycles. The number of hydrogen-bond donors (Lipinski definition) is 0. The summed E-state index contributed by atoms with van der Waals surface area (Å²) in [6.07, 6.45) is 0.250. The first-order chi connectivity index (χ1) is 10.2. The topological polar surface area (TPSA) is 44.8 Å². The second-order valence-electron chi connectivity index (χ2n) is 4.53. The fourth-order valence-corrected chi connectivity index (χ4v) is 1.85. The van der Waals surface area contributed by atoms with Gasteiger partial charge in [0.15, 0.2) is 0 Å². The summed E-state index contributed by atoms with van der Waals surface area (Å²) < 4.78 is 15.4. The summed E-state index contributed by atoms with van der Waals surface area (Å²) in [5, 5.41) is 0. The summed E-state index contributed by atoms with van der Waals surface area (Å²) in [5.41, 5.74) is 1.83. The highest BCUT2D eigenvalue weighted by Crippen LogP contribution is 2.14. The maximum atomic E-state index is 11.8. The van der Waals surface area contributed by atoms with Crippen LogP contribution in [0.5, 0.6) is 11.5 Å². The van der Waals surface area contributed by atoms with Crippen LogP contribution in [-0.4, -0.2) is 20.2 Å². The normalized spacial score (nSPS) is 10.0. The Labute approximate surface area is 124 Å². The molecule has 0 radical (unpaired) electrons. The predicted molar refractivity (Wildman–Crippen MR) is 79.5 cm³/mol. The molecular formula is C17H18O4. The first-order valence-electron chi connectivity index (χ1n) is 6.63. The molecule has 0 fully saturated rings. The number of carbonyl (C=O) groups excluding carboxylic acids is 1. The van der Waals surface area contributed by atoms with Crippen LogP contribution in [0.15, 0.2) is 48.5 Å². The lowest BCUT2D eigenvalue weighted by Crippen LogP contribution is -2.08. The van der Waals surface area contributed by atoms with E-state index in [1.165, 1.54) is 0 Å². The Morgan fingerprint density at radius 2 is 1.29 bits per heavy atom. The molecule has 110 valence electrons. The summed E-state index contributed by atoms with van der Waals surface area (Å²) in [7, 11) is 3.22. The number of rotatable bonds is 6. The first kappa shape index (κ1) is 14.9. The van der Waals surface area contributed by atoms with Gasteiger partial charge >= 0.3 is 5.97 Å².